The van der Waals surface area contributed by atoms with Gasteiger partial charge in [0.25, 0.3) is 0 Å². The number of aldehydes is 1. The Balaban J connectivity index is 0.00000237. The van der Waals surface area contributed by atoms with Crippen molar-refractivity contribution in [3.05, 3.63) is 76.1 Å². The summed E-state index contributed by atoms with van der Waals surface area (Å²) in [7, 11) is 0. The Morgan fingerprint density at radius 3 is 2.10 bits per heavy atom. The molecular formula is C29H36F7N3O. The molecule has 1 atom stereocenters. The van der Waals surface area contributed by atoms with Gasteiger partial charge in [0, 0.05) is 30.3 Å². The number of hydrogen-bond donors (Lipinski definition) is 1. The molecule has 0 saturated heterocycles. The molecule has 1 unspecified atom stereocenters. The molecule has 1 aliphatic heterocycles. The summed E-state index contributed by atoms with van der Waals surface area (Å²) in [5, 5.41) is 1.76. The number of aryl methyl sites for hydroxylation is 1. The first-order valence-electron chi connectivity index (χ1n) is 13.0. The van der Waals surface area contributed by atoms with Crippen molar-refractivity contribution in [3.8, 4) is 0 Å². The molecule has 0 radical (unpaired) electrons. The number of guanidine groups is 1. The average molecular weight is 576 g/mol. The first kappa shape index (κ1) is 36.5. The molecule has 40 heavy (non-hydrogen) atoms. The Hall–Kier alpha value is -3.50. The van der Waals surface area contributed by atoms with E-state index in [4.69, 9.17) is 0 Å². The van der Waals surface area contributed by atoms with Crippen LogP contribution >= 0.6 is 0 Å². The van der Waals surface area contributed by atoms with E-state index in [-0.39, 0.29) is 24.5 Å². The van der Waals surface area contributed by atoms with Crippen molar-refractivity contribution < 1.29 is 35.5 Å². The lowest BCUT2D eigenvalue weighted by molar-refractivity contribution is -0.139. The van der Waals surface area contributed by atoms with Crippen molar-refractivity contribution in [2.24, 2.45) is 9.98 Å². The van der Waals surface area contributed by atoms with Gasteiger partial charge < -0.3 is 0 Å². The molecular weight excluding hydrogens is 539 g/mol. The second kappa shape index (κ2) is 17.2. The SMILES string of the molecule is CC.CC.CC.Cc1cc(C(/C=C(\F)c2ccc(C=O)c(C(F)(F)NC3=NCCC=N3)c2)C(F)(F)F)ccc1F. The molecule has 2 aromatic carbocycles. The Kier molecular flexibility index (Phi) is 15.7. The molecule has 4 nitrogen and oxygen atoms in total. The van der Waals surface area contributed by atoms with Gasteiger partial charge in [-0.15, -0.1) is 0 Å². The van der Waals surface area contributed by atoms with E-state index in [0.29, 0.717) is 12.5 Å². The standard InChI is InChI=1S/C23H18F7N3O.3C2H6/c1-13-9-14(5-6-19(13)24)17(22(26,27)28)11-20(25)15-3-4-16(12-34)18(10-15)23(29,30)33-21-31-7-2-8-32-21;3*1-2/h3-7,9-12,17H,2,8H2,1H3,(H,32,33);3*1-2H3/b20-11-;;;. The Morgan fingerprint density at radius 1 is 0.975 bits per heavy atom. The summed E-state index contributed by atoms with van der Waals surface area (Å²) in [4.78, 5) is 18.7. The first-order chi connectivity index (χ1) is 18.9. The Morgan fingerprint density at radius 2 is 1.60 bits per heavy atom. The summed E-state index contributed by atoms with van der Waals surface area (Å²) in [6.45, 7) is 13.5. The van der Waals surface area contributed by atoms with Gasteiger partial charge in [-0.2, -0.15) is 22.0 Å². The van der Waals surface area contributed by atoms with Gasteiger partial charge in [0.15, 0.2) is 6.29 Å². The van der Waals surface area contributed by atoms with E-state index in [9.17, 15) is 35.5 Å². The zero-order valence-electron chi connectivity index (χ0n) is 23.6. The van der Waals surface area contributed by atoms with Gasteiger partial charge in [-0.25, -0.2) is 13.8 Å². The van der Waals surface area contributed by atoms with E-state index in [1.165, 1.54) is 13.1 Å². The van der Waals surface area contributed by atoms with Crippen molar-refractivity contribution in [1.82, 2.24) is 5.32 Å². The highest BCUT2D eigenvalue weighted by Crippen LogP contribution is 2.39. The molecule has 0 spiro atoms. The molecule has 2 aromatic rings. The van der Waals surface area contributed by atoms with Gasteiger partial charge in [0.1, 0.15) is 17.6 Å². The van der Waals surface area contributed by atoms with Gasteiger partial charge in [0.05, 0.1) is 5.56 Å². The number of halogens is 7. The van der Waals surface area contributed by atoms with Crippen molar-refractivity contribution in [3.63, 3.8) is 0 Å². The number of alkyl halides is 5. The van der Waals surface area contributed by atoms with E-state index < -0.39 is 58.0 Å². The summed E-state index contributed by atoms with van der Waals surface area (Å²) in [5.74, 6) is -5.06. The quantitative estimate of drug-likeness (QED) is 0.212. The van der Waals surface area contributed by atoms with Crippen molar-refractivity contribution in [2.75, 3.05) is 6.54 Å². The van der Waals surface area contributed by atoms with E-state index >= 15 is 0 Å². The number of benzene rings is 2. The van der Waals surface area contributed by atoms with Crippen LogP contribution in [-0.4, -0.2) is 31.2 Å². The third kappa shape index (κ3) is 10.2. The van der Waals surface area contributed by atoms with Crippen molar-refractivity contribution in [2.45, 2.75) is 73.0 Å². The van der Waals surface area contributed by atoms with Crippen LogP contribution in [0.1, 0.15) is 86.5 Å². The van der Waals surface area contributed by atoms with Gasteiger partial charge >= 0.3 is 12.2 Å². The molecule has 1 heterocycles. The monoisotopic (exact) mass is 575 g/mol. The third-order valence-corrected chi connectivity index (χ3v) is 5.00. The predicted octanol–water partition coefficient (Wildman–Crippen LogP) is 9.15. The van der Waals surface area contributed by atoms with Crippen LogP contribution < -0.4 is 5.32 Å². The minimum atomic E-state index is -4.95. The molecule has 1 N–H and O–H groups in total. The number of carbonyl (C=O) groups excluding carboxylic acids is 1. The Labute approximate surface area is 231 Å². The van der Waals surface area contributed by atoms with Crippen LogP contribution in [0.4, 0.5) is 30.7 Å². The molecule has 11 heteroatoms. The molecule has 0 aliphatic carbocycles. The molecule has 1 aliphatic rings. The number of aliphatic imine (C=N–C) groups is 2. The lowest BCUT2D eigenvalue weighted by Gasteiger charge is -2.22. The van der Waals surface area contributed by atoms with Crippen LogP contribution in [0.3, 0.4) is 0 Å². The predicted molar refractivity (Wildman–Crippen MR) is 147 cm³/mol. The summed E-state index contributed by atoms with van der Waals surface area (Å²) in [6, 6.07) is 1.06. The number of carbonyl (C=O) groups is 1. The zero-order valence-corrected chi connectivity index (χ0v) is 23.6. The maximum Gasteiger partial charge on any atom is 0.399 e. The van der Waals surface area contributed by atoms with Crippen LogP contribution in [0.2, 0.25) is 0 Å². The molecule has 0 bridgehead atoms. The zero-order chi connectivity index (χ0) is 31.1. The summed E-state index contributed by atoms with van der Waals surface area (Å²) >= 11 is 0. The molecule has 222 valence electrons. The molecule has 3 rings (SSSR count). The number of nitrogens with one attached hydrogen (secondary N) is 1. The fourth-order valence-electron chi connectivity index (χ4n) is 3.26. The fraction of sp³-hybridized carbons (Fsp3) is 0.414. The summed E-state index contributed by atoms with van der Waals surface area (Å²) in [6.07, 6.45) is -2.81. The second-order valence-corrected chi connectivity index (χ2v) is 7.47. The smallest absolute Gasteiger partial charge is 0.298 e. The number of rotatable bonds is 6. The van der Waals surface area contributed by atoms with Crippen LogP contribution in [0.15, 0.2) is 52.5 Å². The first-order valence-corrected chi connectivity index (χ1v) is 13.0. The van der Waals surface area contributed by atoms with Crippen molar-refractivity contribution >= 4 is 24.3 Å². The highest BCUT2D eigenvalue weighted by Gasteiger charge is 2.40. The van der Waals surface area contributed by atoms with Crippen LogP contribution in [0.25, 0.3) is 5.83 Å². The molecule has 0 saturated carbocycles. The topological polar surface area (TPSA) is 53.8 Å². The molecule has 0 amide bonds. The van der Waals surface area contributed by atoms with E-state index in [2.05, 4.69) is 9.98 Å². The summed E-state index contributed by atoms with van der Waals surface area (Å²) < 4.78 is 99.1. The lowest BCUT2D eigenvalue weighted by Crippen LogP contribution is -2.39. The second-order valence-electron chi connectivity index (χ2n) is 7.47. The third-order valence-electron chi connectivity index (χ3n) is 5.00. The van der Waals surface area contributed by atoms with Gasteiger partial charge in [0.2, 0.25) is 5.96 Å². The van der Waals surface area contributed by atoms with Gasteiger partial charge in [-0.3, -0.25) is 15.1 Å². The van der Waals surface area contributed by atoms with E-state index in [1.54, 1.807) is 5.32 Å². The summed E-state index contributed by atoms with van der Waals surface area (Å²) in [5.41, 5.74) is -2.57. The number of allylic oxidation sites excluding steroid dienone is 1. The Bertz CT molecular complexity index is 1170. The van der Waals surface area contributed by atoms with Crippen molar-refractivity contribution in [1.29, 1.82) is 0 Å². The minimum Gasteiger partial charge on any atom is -0.298 e. The van der Waals surface area contributed by atoms with Gasteiger partial charge in [-0.1, -0.05) is 65.8 Å². The average Bonchev–Trinajstić information content (AvgIpc) is 2.95. The normalized spacial score (nSPS) is 13.8. The number of hydrogen-bond acceptors (Lipinski definition) is 4. The van der Waals surface area contributed by atoms with Crippen LogP contribution in [-0.2, 0) is 6.05 Å². The molecule has 0 fully saturated rings. The van der Waals surface area contributed by atoms with Crippen LogP contribution in [0.5, 0.6) is 0 Å². The fourth-order valence-corrected chi connectivity index (χ4v) is 3.26. The maximum absolute atomic E-state index is 14.9. The maximum atomic E-state index is 14.9. The highest BCUT2D eigenvalue weighted by atomic mass is 19.4. The highest BCUT2D eigenvalue weighted by molar-refractivity contribution is 5.90. The van der Waals surface area contributed by atoms with Gasteiger partial charge in [-0.05, 0) is 36.3 Å². The minimum absolute atomic E-state index is 0.0721. The van der Waals surface area contributed by atoms with E-state index in [1.807, 2.05) is 41.5 Å². The van der Waals surface area contributed by atoms with E-state index in [0.717, 1.165) is 30.3 Å². The lowest BCUT2D eigenvalue weighted by atomic mass is 9.94. The number of nitrogens with zero attached hydrogens (tertiary/aromatic N) is 2. The largest absolute Gasteiger partial charge is 0.399 e. The molecule has 0 aromatic heterocycles. The van der Waals surface area contributed by atoms with Crippen LogP contribution in [0, 0.1) is 12.7 Å².